The van der Waals surface area contributed by atoms with Crippen molar-refractivity contribution in [2.45, 2.75) is 26.7 Å². The Kier molecular flexibility index (Phi) is 3.09. The number of allylic oxidation sites excluding steroid dienone is 1. The van der Waals surface area contributed by atoms with E-state index in [0.717, 1.165) is 17.6 Å². The highest BCUT2D eigenvalue weighted by molar-refractivity contribution is 6.17. The molecule has 1 aliphatic heterocycles. The zero-order valence-corrected chi connectivity index (χ0v) is 10.0. The predicted molar refractivity (Wildman–Crippen MR) is 66.2 cm³/mol. The summed E-state index contributed by atoms with van der Waals surface area (Å²) >= 11 is 0. The Balaban J connectivity index is 2.46. The van der Waals surface area contributed by atoms with Crippen molar-refractivity contribution in [3.8, 4) is 0 Å². The molecule has 17 heavy (non-hydrogen) atoms. The third-order valence-corrected chi connectivity index (χ3v) is 2.98. The lowest BCUT2D eigenvalue weighted by Gasteiger charge is -2.08. The first kappa shape index (κ1) is 11.6. The van der Waals surface area contributed by atoms with Gasteiger partial charge >= 0.3 is 0 Å². The van der Waals surface area contributed by atoms with Crippen LogP contribution in [0.15, 0.2) is 29.8 Å². The fourth-order valence-electron chi connectivity index (χ4n) is 2.08. The highest BCUT2D eigenvalue weighted by Crippen LogP contribution is 2.26. The summed E-state index contributed by atoms with van der Waals surface area (Å²) in [6.45, 7) is 4.02. The van der Waals surface area contributed by atoms with Crippen molar-refractivity contribution < 1.29 is 9.59 Å². The summed E-state index contributed by atoms with van der Waals surface area (Å²) in [7, 11) is 0. The van der Waals surface area contributed by atoms with Crippen LogP contribution in [0.3, 0.4) is 0 Å². The van der Waals surface area contributed by atoms with E-state index in [-0.39, 0.29) is 18.2 Å². The number of benzene rings is 1. The number of imide groups is 1. The predicted octanol–water partition coefficient (Wildman–Crippen LogP) is 2.21. The number of carbonyl (C=O) groups is 2. The fourth-order valence-corrected chi connectivity index (χ4v) is 2.08. The van der Waals surface area contributed by atoms with Crippen LogP contribution in [0.4, 0.5) is 0 Å². The van der Waals surface area contributed by atoms with Gasteiger partial charge in [0.2, 0.25) is 5.91 Å². The summed E-state index contributed by atoms with van der Waals surface area (Å²) in [5, 5.41) is 2.33. The van der Waals surface area contributed by atoms with Crippen LogP contribution in [0.1, 0.15) is 30.9 Å². The Bertz CT molecular complexity index is 497. The van der Waals surface area contributed by atoms with Crippen LogP contribution < -0.4 is 5.32 Å². The molecule has 1 aromatic carbocycles. The molecule has 0 aliphatic carbocycles. The summed E-state index contributed by atoms with van der Waals surface area (Å²) in [4.78, 5) is 22.8. The lowest BCUT2D eigenvalue weighted by molar-refractivity contribution is -0.124. The van der Waals surface area contributed by atoms with Gasteiger partial charge in [0.15, 0.2) is 0 Å². The number of rotatable bonds is 2. The number of hydrogen-bond acceptors (Lipinski definition) is 2. The maximum atomic E-state index is 11.6. The number of nitrogens with one attached hydrogen (secondary N) is 1. The number of aryl methyl sites for hydroxylation is 1. The van der Waals surface area contributed by atoms with Crippen molar-refractivity contribution in [1.29, 1.82) is 0 Å². The van der Waals surface area contributed by atoms with E-state index in [1.165, 1.54) is 5.56 Å². The summed E-state index contributed by atoms with van der Waals surface area (Å²) in [6.07, 6.45) is 0.953. The third-order valence-electron chi connectivity index (χ3n) is 2.98. The lowest BCUT2D eigenvalue weighted by atomic mass is 9.96. The number of hydrogen-bond donors (Lipinski definition) is 1. The Labute approximate surface area is 101 Å². The first-order valence-electron chi connectivity index (χ1n) is 5.75. The van der Waals surface area contributed by atoms with Crippen LogP contribution in [0.5, 0.6) is 0 Å². The SMILES string of the molecule is CC/C(=C1\CC(=O)NC1=O)c1ccc(C)cc1. The van der Waals surface area contributed by atoms with Crippen LogP contribution >= 0.6 is 0 Å². The van der Waals surface area contributed by atoms with E-state index in [1.54, 1.807) is 0 Å². The standard InChI is InChI=1S/C14H15NO2/c1-3-11(10-6-4-9(2)5-7-10)12-8-13(16)15-14(12)17/h4-7H,3,8H2,1-2H3,(H,15,16,17)/b12-11-. The largest absolute Gasteiger partial charge is 0.292 e. The monoisotopic (exact) mass is 229 g/mol. The van der Waals surface area contributed by atoms with E-state index in [2.05, 4.69) is 5.32 Å². The zero-order chi connectivity index (χ0) is 12.4. The first-order chi connectivity index (χ1) is 8.11. The Morgan fingerprint density at radius 2 is 1.88 bits per heavy atom. The normalized spacial score (nSPS) is 18.2. The summed E-state index contributed by atoms with van der Waals surface area (Å²) in [5.41, 5.74) is 3.79. The topological polar surface area (TPSA) is 46.2 Å². The van der Waals surface area contributed by atoms with Crippen molar-refractivity contribution in [3.63, 3.8) is 0 Å². The molecule has 2 amide bonds. The van der Waals surface area contributed by atoms with E-state index >= 15 is 0 Å². The molecule has 1 N–H and O–H groups in total. The van der Waals surface area contributed by atoms with E-state index in [9.17, 15) is 9.59 Å². The maximum Gasteiger partial charge on any atom is 0.254 e. The van der Waals surface area contributed by atoms with Gasteiger partial charge in [-0.1, -0.05) is 36.8 Å². The second-order valence-corrected chi connectivity index (χ2v) is 4.23. The molecule has 0 bridgehead atoms. The quantitative estimate of drug-likeness (QED) is 0.624. The zero-order valence-electron chi connectivity index (χ0n) is 10.0. The molecule has 0 aromatic heterocycles. The maximum absolute atomic E-state index is 11.6. The van der Waals surface area contributed by atoms with Crippen LogP contribution in [0.25, 0.3) is 5.57 Å². The van der Waals surface area contributed by atoms with Gasteiger partial charge < -0.3 is 0 Å². The minimum absolute atomic E-state index is 0.204. The van der Waals surface area contributed by atoms with Gasteiger partial charge in [0.05, 0.1) is 6.42 Å². The van der Waals surface area contributed by atoms with Crippen molar-refractivity contribution in [3.05, 3.63) is 41.0 Å². The summed E-state index contributed by atoms with van der Waals surface area (Å²) < 4.78 is 0. The molecule has 3 nitrogen and oxygen atoms in total. The second-order valence-electron chi connectivity index (χ2n) is 4.23. The Morgan fingerprint density at radius 1 is 1.24 bits per heavy atom. The Hall–Kier alpha value is -1.90. The molecule has 1 fully saturated rings. The van der Waals surface area contributed by atoms with Crippen LogP contribution in [-0.4, -0.2) is 11.8 Å². The molecule has 1 saturated heterocycles. The molecule has 3 heteroatoms. The lowest BCUT2D eigenvalue weighted by Crippen LogP contribution is -2.19. The van der Waals surface area contributed by atoms with Crippen molar-refractivity contribution in [2.24, 2.45) is 0 Å². The summed E-state index contributed by atoms with van der Waals surface area (Å²) in [6, 6.07) is 8.02. The van der Waals surface area contributed by atoms with Gasteiger partial charge in [-0.05, 0) is 24.5 Å². The molecular weight excluding hydrogens is 214 g/mol. The highest BCUT2D eigenvalue weighted by atomic mass is 16.2. The average molecular weight is 229 g/mol. The molecule has 2 rings (SSSR count). The fraction of sp³-hybridized carbons (Fsp3) is 0.286. The van der Waals surface area contributed by atoms with Gasteiger partial charge in [0, 0.05) is 5.57 Å². The molecular formula is C14H15NO2. The molecule has 0 spiro atoms. The third kappa shape index (κ3) is 2.28. The van der Waals surface area contributed by atoms with Crippen molar-refractivity contribution in [2.75, 3.05) is 0 Å². The van der Waals surface area contributed by atoms with E-state index in [4.69, 9.17) is 0 Å². The van der Waals surface area contributed by atoms with Gasteiger partial charge in [-0.2, -0.15) is 0 Å². The van der Waals surface area contributed by atoms with Crippen LogP contribution in [-0.2, 0) is 9.59 Å². The van der Waals surface area contributed by atoms with E-state index in [1.807, 2.05) is 38.1 Å². The van der Waals surface area contributed by atoms with Gasteiger partial charge in [-0.3, -0.25) is 14.9 Å². The number of amides is 2. The second kappa shape index (κ2) is 4.53. The molecule has 1 aromatic rings. The van der Waals surface area contributed by atoms with Crippen LogP contribution in [0.2, 0.25) is 0 Å². The highest BCUT2D eigenvalue weighted by Gasteiger charge is 2.26. The molecule has 0 saturated carbocycles. The van der Waals surface area contributed by atoms with Gasteiger partial charge in [0.25, 0.3) is 5.91 Å². The molecule has 0 atom stereocenters. The smallest absolute Gasteiger partial charge is 0.254 e. The Morgan fingerprint density at radius 3 is 2.35 bits per heavy atom. The van der Waals surface area contributed by atoms with Gasteiger partial charge in [0.1, 0.15) is 0 Å². The molecule has 0 unspecified atom stereocenters. The molecule has 1 heterocycles. The van der Waals surface area contributed by atoms with Crippen LogP contribution in [0, 0.1) is 6.92 Å². The molecule has 0 radical (unpaired) electrons. The number of carbonyl (C=O) groups excluding carboxylic acids is 2. The minimum Gasteiger partial charge on any atom is -0.292 e. The first-order valence-corrected chi connectivity index (χ1v) is 5.75. The summed E-state index contributed by atoms with van der Waals surface area (Å²) in [5.74, 6) is -0.449. The average Bonchev–Trinajstić information content (AvgIpc) is 2.62. The van der Waals surface area contributed by atoms with Crippen molar-refractivity contribution in [1.82, 2.24) is 5.32 Å². The minimum atomic E-state index is -0.243. The van der Waals surface area contributed by atoms with E-state index in [0.29, 0.717) is 5.57 Å². The van der Waals surface area contributed by atoms with Crippen molar-refractivity contribution >= 4 is 17.4 Å². The molecule has 88 valence electrons. The van der Waals surface area contributed by atoms with Gasteiger partial charge in [-0.15, -0.1) is 0 Å². The van der Waals surface area contributed by atoms with Gasteiger partial charge in [-0.25, -0.2) is 0 Å². The van der Waals surface area contributed by atoms with E-state index < -0.39 is 0 Å². The molecule has 1 aliphatic rings.